The van der Waals surface area contributed by atoms with Crippen LogP contribution in [0.1, 0.15) is 0 Å². The molecular weight excluding hydrogens is 438 g/mol. The van der Waals surface area contributed by atoms with Crippen LogP contribution in [0.15, 0.2) is 24.3 Å². The summed E-state index contributed by atoms with van der Waals surface area (Å²) in [6.07, 6.45) is -15.7. The van der Waals surface area contributed by atoms with E-state index in [1.54, 1.807) is 0 Å². The molecule has 0 aliphatic carbocycles. The van der Waals surface area contributed by atoms with Crippen LogP contribution in [0.3, 0.4) is 0 Å². The van der Waals surface area contributed by atoms with E-state index in [-0.39, 0.29) is 11.4 Å². The Bertz CT molecular complexity index is 760. The lowest BCUT2D eigenvalue weighted by Gasteiger charge is -2.45. The standard InChI is InChI=1S/C18H25NO13/c20-5-9-11(22)12(23)14(25)18(30-9)32-16-10(6-21)31-17(15(26)13(16)24)29-8-3-1-7(2-4-8)19(27)28/h1-4,9-18,20-26H,5-6H2/t9-,10+,11-,12-,13+,14-,15-,16-,17-,18+/m1/s1. The minimum absolute atomic E-state index is 0.0804. The SMILES string of the molecule is O=[N+]([O-])c1ccc(O[C@@H]2O[C@@H](CO)[C@@H](O[C@@H]3O[C@H](CO)[C@@H](O)[C@@H](O)[C@H]3O)[C@@H](O)[C@H]2O)cc1. The van der Waals surface area contributed by atoms with Gasteiger partial charge < -0.3 is 54.7 Å². The Hall–Kier alpha value is -1.98. The highest BCUT2D eigenvalue weighted by Crippen LogP contribution is 2.30. The number of nitrogens with zero attached hydrogens (tertiary/aromatic N) is 1. The summed E-state index contributed by atoms with van der Waals surface area (Å²) in [7, 11) is 0. The quantitative estimate of drug-likeness (QED) is 0.155. The molecule has 32 heavy (non-hydrogen) atoms. The molecule has 2 heterocycles. The first-order chi connectivity index (χ1) is 15.2. The van der Waals surface area contributed by atoms with E-state index in [4.69, 9.17) is 18.9 Å². The lowest BCUT2D eigenvalue weighted by molar-refractivity contribution is -0.384. The van der Waals surface area contributed by atoms with Crippen molar-refractivity contribution in [3.63, 3.8) is 0 Å². The van der Waals surface area contributed by atoms with Crippen molar-refractivity contribution >= 4 is 5.69 Å². The normalized spacial score (nSPS) is 40.1. The van der Waals surface area contributed by atoms with E-state index < -0.39 is 79.5 Å². The van der Waals surface area contributed by atoms with Crippen molar-refractivity contribution < 1.29 is 59.6 Å². The summed E-state index contributed by atoms with van der Waals surface area (Å²) in [5.41, 5.74) is -0.191. The molecule has 0 saturated carbocycles. The maximum atomic E-state index is 10.7. The smallest absolute Gasteiger partial charge is 0.269 e. The molecule has 0 unspecified atom stereocenters. The highest BCUT2D eigenvalue weighted by atomic mass is 16.7. The Morgan fingerprint density at radius 1 is 0.812 bits per heavy atom. The number of aliphatic hydroxyl groups is 7. The maximum absolute atomic E-state index is 10.7. The highest BCUT2D eigenvalue weighted by molar-refractivity contribution is 5.36. The molecule has 0 aromatic heterocycles. The van der Waals surface area contributed by atoms with Crippen LogP contribution in [0.4, 0.5) is 5.69 Å². The van der Waals surface area contributed by atoms with Crippen LogP contribution in [0, 0.1) is 10.1 Å². The molecule has 1 aromatic carbocycles. The number of rotatable bonds is 7. The summed E-state index contributed by atoms with van der Waals surface area (Å²) in [4.78, 5) is 10.1. The van der Waals surface area contributed by atoms with Gasteiger partial charge in [0.2, 0.25) is 6.29 Å². The third kappa shape index (κ3) is 4.99. The first kappa shape index (κ1) is 24.7. The Morgan fingerprint density at radius 2 is 1.38 bits per heavy atom. The number of nitro benzene ring substituents is 1. The summed E-state index contributed by atoms with van der Waals surface area (Å²) in [6.45, 7) is -1.42. The fourth-order valence-corrected chi connectivity index (χ4v) is 3.43. The number of benzene rings is 1. The average Bonchev–Trinajstić information content (AvgIpc) is 2.79. The number of ether oxygens (including phenoxy) is 4. The van der Waals surface area contributed by atoms with Gasteiger partial charge in [0.05, 0.1) is 18.1 Å². The van der Waals surface area contributed by atoms with Crippen molar-refractivity contribution in [3.05, 3.63) is 34.4 Å². The van der Waals surface area contributed by atoms with E-state index >= 15 is 0 Å². The molecule has 3 rings (SSSR count). The zero-order valence-electron chi connectivity index (χ0n) is 16.5. The van der Waals surface area contributed by atoms with Crippen LogP contribution < -0.4 is 4.74 Å². The molecule has 0 bridgehead atoms. The fourth-order valence-electron chi connectivity index (χ4n) is 3.43. The van der Waals surface area contributed by atoms with Crippen LogP contribution in [0.25, 0.3) is 0 Å². The molecule has 2 aliphatic heterocycles. The van der Waals surface area contributed by atoms with Gasteiger partial charge in [-0.3, -0.25) is 10.1 Å². The molecule has 1 aromatic rings. The third-order valence-corrected chi connectivity index (χ3v) is 5.26. The van der Waals surface area contributed by atoms with Crippen molar-refractivity contribution in [3.8, 4) is 5.75 Å². The van der Waals surface area contributed by atoms with Gasteiger partial charge in [-0.25, -0.2) is 0 Å². The Balaban J connectivity index is 1.70. The highest BCUT2D eigenvalue weighted by Gasteiger charge is 2.51. The second-order valence-corrected chi connectivity index (χ2v) is 7.37. The van der Waals surface area contributed by atoms with Crippen LogP contribution in [0.2, 0.25) is 0 Å². The second kappa shape index (κ2) is 10.3. The summed E-state index contributed by atoms with van der Waals surface area (Å²) in [5.74, 6) is 0.0804. The number of hydrogen-bond acceptors (Lipinski definition) is 13. The Kier molecular flexibility index (Phi) is 7.94. The van der Waals surface area contributed by atoms with Crippen molar-refractivity contribution in [2.24, 2.45) is 0 Å². The largest absolute Gasteiger partial charge is 0.462 e. The van der Waals surface area contributed by atoms with Gasteiger partial charge in [-0.15, -0.1) is 0 Å². The van der Waals surface area contributed by atoms with Crippen LogP contribution in [-0.2, 0) is 14.2 Å². The third-order valence-electron chi connectivity index (χ3n) is 5.26. The molecule has 10 atom stereocenters. The average molecular weight is 463 g/mol. The molecule has 14 heteroatoms. The number of hydrogen-bond donors (Lipinski definition) is 7. The predicted molar refractivity (Wildman–Crippen MR) is 100 cm³/mol. The lowest BCUT2D eigenvalue weighted by Crippen LogP contribution is -2.65. The van der Waals surface area contributed by atoms with E-state index in [1.807, 2.05) is 0 Å². The Labute approximate surface area is 180 Å². The van der Waals surface area contributed by atoms with Crippen LogP contribution in [-0.4, -0.2) is 115 Å². The molecule has 14 nitrogen and oxygen atoms in total. The van der Waals surface area contributed by atoms with Gasteiger partial charge >= 0.3 is 0 Å². The number of aliphatic hydroxyl groups excluding tert-OH is 7. The zero-order chi connectivity index (χ0) is 23.6. The maximum Gasteiger partial charge on any atom is 0.269 e. The van der Waals surface area contributed by atoms with Gasteiger partial charge in [0, 0.05) is 12.1 Å². The minimum atomic E-state index is -1.77. The summed E-state index contributed by atoms with van der Waals surface area (Å²) < 4.78 is 21.5. The van der Waals surface area contributed by atoms with E-state index in [0.717, 1.165) is 12.1 Å². The van der Waals surface area contributed by atoms with Gasteiger partial charge in [-0.1, -0.05) is 0 Å². The van der Waals surface area contributed by atoms with Crippen LogP contribution >= 0.6 is 0 Å². The Morgan fingerprint density at radius 3 is 1.94 bits per heavy atom. The molecule has 2 aliphatic rings. The predicted octanol–water partition coefficient (Wildman–Crippen LogP) is -3.40. The molecule has 0 radical (unpaired) electrons. The molecule has 7 N–H and O–H groups in total. The summed E-state index contributed by atoms with van der Waals surface area (Å²) >= 11 is 0. The van der Waals surface area contributed by atoms with Crippen molar-refractivity contribution in [2.75, 3.05) is 13.2 Å². The molecule has 2 saturated heterocycles. The molecule has 0 spiro atoms. The van der Waals surface area contributed by atoms with E-state index in [1.165, 1.54) is 12.1 Å². The van der Waals surface area contributed by atoms with Gasteiger partial charge in [0.1, 0.15) is 54.6 Å². The van der Waals surface area contributed by atoms with Crippen molar-refractivity contribution in [1.29, 1.82) is 0 Å². The molecule has 180 valence electrons. The van der Waals surface area contributed by atoms with Crippen molar-refractivity contribution in [2.45, 2.75) is 61.4 Å². The molecule has 2 fully saturated rings. The summed E-state index contributed by atoms with van der Waals surface area (Å²) in [6, 6.07) is 4.83. The summed E-state index contributed by atoms with van der Waals surface area (Å²) in [5, 5.41) is 80.4. The van der Waals surface area contributed by atoms with Gasteiger partial charge in [0.25, 0.3) is 5.69 Å². The van der Waals surface area contributed by atoms with Gasteiger partial charge in [-0.2, -0.15) is 0 Å². The fraction of sp³-hybridized carbons (Fsp3) is 0.667. The van der Waals surface area contributed by atoms with Crippen LogP contribution in [0.5, 0.6) is 5.75 Å². The monoisotopic (exact) mass is 463 g/mol. The zero-order valence-corrected chi connectivity index (χ0v) is 16.5. The van der Waals surface area contributed by atoms with Gasteiger partial charge in [-0.05, 0) is 12.1 Å². The number of non-ortho nitro benzene ring substituents is 1. The minimum Gasteiger partial charge on any atom is -0.462 e. The first-order valence-corrected chi connectivity index (χ1v) is 9.67. The topological polar surface area (TPSA) is 222 Å². The van der Waals surface area contributed by atoms with E-state index in [0.29, 0.717) is 0 Å². The molecular formula is C18H25NO13. The van der Waals surface area contributed by atoms with E-state index in [2.05, 4.69) is 0 Å². The number of nitro groups is 1. The van der Waals surface area contributed by atoms with Gasteiger partial charge in [0.15, 0.2) is 6.29 Å². The molecule has 0 amide bonds. The van der Waals surface area contributed by atoms with Crippen molar-refractivity contribution in [1.82, 2.24) is 0 Å². The lowest BCUT2D eigenvalue weighted by atomic mass is 9.97. The second-order valence-electron chi connectivity index (χ2n) is 7.37. The first-order valence-electron chi connectivity index (χ1n) is 9.67. The van der Waals surface area contributed by atoms with E-state index in [9.17, 15) is 45.9 Å².